The minimum absolute atomic E-state index is 0.390. The Balaban J connectivity index is 1.96. The zero-order chi connectivity index (χ0) is 19.2. The van der Waals surface area contributed by atoms with Crippen molar-refractivity contribution in [1.29, 1.82) is 0 Å². The lowest BCUT2D eigenvalue weighted by atomic mass is 10.1. The third-order valence-electron chi connectivity index (χ3n) is 3.88. The van der Waals surface area contributed by atoms with Crippen molar-refractivity contribution in [1.82, 2.24) is 5.43 Å². The van der Waals surface area contributed by atoms with Gasteiger partial charge in [-0.2, -0.15) is 18.3 Å². The van der Waals surface area contributed by atoms with E-state index in [-0.39, 0.29) is 5.91 Å². The second-order valence-electron chi connectivity index (χ2n) is 5.54. The maximum atomic E-state index is 12.5. The lowest BCUT2D eigenvalue weighted by Gasteiger charge is -2.20. The van der Waals surface area contributed by atoms with Gasteiger partial charge in [0.15, 0.2) is 0 Å². The van der Waals surface area contributed by atoms with Gasteiger partial charge in [0.05, 0.1) is 11.8 Å². The number of alkyl halides is 3. The molecule has 0 fully saturated rings. The van der Waals surface area contributed by atoms with Crippen molar-refractivity contribution >= 4 is 17.8 Å². The molecular formula is C19H20F3N3O. The number of carbonyl (C=O) groups is 1. The van der Waals surface area contributed by atoms with Gasteiger partial charge in [-0.15, -0.1) is 0 Å². The third-order valence-corrected chi connectivity index (χ3v) is 3.88. The van der Waals surface area contributed by atoms with E-state index in [0.29, 0.717) is 11.1 Å². The van der Waals surface area contributed by atoms with E-state index in [4.69, 9.17) is 0 Å². The number of rotatable bonds is 6. The fraction of sp³-hybridized carbons (Fsp3) is 0.263. The lowest BCUT2D eigenvalue weighted by Crippen LogP contribution is -2.22. The van der Waals surface area contributed by atoms with Crippen molar-refractivity contribution in [2.45, 2.75) is 20.0 Å². The molecule has 0 atom stereocenters. The molecule has 0 aliphatic heterocycles. The van der Waals surface area contributed by atoms with Crippen molar-refractivity contribution in [3.8, 4) is 0 Å². The van der Waals surface area contributed by atoms with Gasteiger partial charge in [0, 0.05) is 24.3 Å². The molecule has 0 radical (unpaired) electrons. The molecule has 0 saturated carbocycles. The van der Waals surface area contributed by atoms with Crippen molar-refractivity contribution in [3.63, 3.8) is 0 Å². The van der Waals surface area contributed by atoms with Gasteiger partial charge in [-0.25, -0.2) is 5.43 Å². The molecule has 0 saturated heterocycles. The van der Waals surface area contributed by atoms with Crippen LogP contribution in [-0.2, 0) is 6.18 Å². The second kappa shape index (κ2) is 8.51. The molecule has 0 unspecified atom stereocenters. The molecule has 1 amide bonds. The maximum absolute atomic E-state index is 12.5. The van der Waals surface area contributed by atoms with Crippen LogP contribution in [0.2, 0.25) is 0 Å². The molecule has 0 heterocycles. The van der Waals surface area contributed by atoms with E-state index >= 15 is 0 Å². The molecule has 1 N–H and O–H groups in total. The standard InChI is InChI=1S/C19H20F3N3O/c1-3-25(4-2)17-11-7-15(8-12-17)18(26)24-23-13-14-5-9-16(10-6-14)19(20,21)22/h5-13H,3-4H2,1-2H3,(H,24,26). The summed E-state index contributed by atoms with van der Waals surface area (Å²) in [6.45, 7) is 5.86. The zero-order valence-corrected chi connectivity index (χ0v) is 14.5. The van der Waals surface area contributed by atoms with Gasteiger partial charge in [-0.05, 0) is 55.8 Å². The second-order valence-corrected chi connectivity index (χ2v) is 5.54. The van der Waals surface area contributed by atoms with Crippen molar-refractivity contribution in [2.24, 2.45) is 5.10 Å². The average molecular weight is 363 g/mol. The summed E-state index contributed by atoms with van der Waals surface area (Å²) in [7, 11) is 0. The Labute approximate surface area is 150 Å². The fourth-order valence-electron chi connectivity index (χ4n) is 2.40. The summed E-state index contributed by atoms with van der Waals surface area (Å²) in [5.74, 6) is -0.390. The Hall–Kier alpha value is -2.83. The van der Waals surface area contributed by atoms with Crippen LogP contribution < -0.4 is 10.3 Å². The van der Waals surface area contributed by atoms with E-state index in [0.717, 1.165) is 30.9 Å². The van der Waals surface area contributed by atoms with Crippen LogP contribution in [0.3, 0.4) is 0 Å². The van der Waals surface area contributed by atoms with Crippen molar-refractivity contribution in [2.75, 3.05) is 18.0 Å². The number of anilines is 1. The predicted octanol–water partition coefficient (Wildman–Crippen LogP) is 4.32. The van der Waals surface area contributed by atoms with E-state index in [9.17, 15) is 18.0 Å². The van der Waals surface area contributed by atoms with Gasteiger partial charge in [0.1, 0.15) is 0 Å². The molecule has 0 aliphatic carbocycles. The van der Waals surface area contributed by atoms with E-state index in [1.807, 2.05) is 12.1 Å². The highest BCUT2D eigenvalue weighted by Crippen LogP contribution is 2.28. The number of carbonyl (C=O) groups excluding carboxylic acids is 1. The van der Waals surface area contributed by atoms with Crippen LogP contribution in [0.1, 0.15) is 35.3 Å². The Morgan fingerprint density at radius 3 is 2.12 bits per heavy atom. The SMILES string of the molecule is CCN(CC)c1ccc(C(=O)NN=Cc2ccc(C(F)(F)F)cc2)cc1. The Morgan fingerprint density at radius 1 is 1.04 bits per heavy atom. The first-order valence-corrected chi connectivity index (χ1v) is 8.20. The summed E-state index contributed by atoms with van der Waals surface area (Å²) in [4.78, 5) is 14.2. The zero-order valence-electron chi connectivity index (χ0n) is 14.5. The fourth-order valence-corrected chi connectivity index (χ4v) is 2.40. The topological polar surface area (TPSA) is 44.7 Å². The Morgan fingerprint density at radius 2 is 1.62 bits per heavy atom. The van der Waals surface area contributed by atoms with Crippen LogP contribution in [0.25, 0.3) is 0 Å². The molecular weight excluding hydrogens is 343 g/mol. The van der Waals surface area contributed by atoms with Crippen LogP contribution in [-0.4, -0.2) is 25.2 Å². The summed E-state index contributed by atoms with van der Waals surface area (Å²) < 4.78 is 37.5. The molecule has 0 bridgehead atoms. The maximum Gasteiger partial charge on any atom is 0.416 e. The predicted molar refractivity (Wildman–Crippen MR) is 96.5 cm³/mol. The number of amides is 1. The number of nitrogens with one attached hydrogen (secondary N) is 1. The molecule has 0 aromatic heterocycles. The van der Waals surface area contributed by atoms with Crippen LogP contribution in [0.4, 0.5) is 18.9 Å². The minimum atomic E-state index is -4.37. The summed E-state index contributed by atoms with van der Waals surface area (Å²) in [5.41, 5.74) is 3.56. The van der Waals surface area contributed by atoms with Gasteiger partial charge < -0.3 is 4.90 Å². The summed E-state index contributed by atoms with van der Waals surface area (Å²) in [6, 6.07) is 11.6. The number of benzene rings is 2. The monoisotopic (exact) mass is 363 g/mol. The number of halogens is 3. The van der Waals surface area contributed by atoms with E-state index in [1.54, 1.807) is 12.1 Å². The van der Waals surface area contributed by atoms with Gasteiger partial charge in [0.2, 0.25) is 0 Å². The van der Waals surface area contributed by atoms with Crippen LogP contribution in [0, 0.1) is 0 Å². The molecule has 2 aromatic rings. The van der Waals surface area contributed by atoms with Crippen LogP contribution >= 0.6 is 0 Å². The molecule has 2 aromatic carbocycles. The van der Waals surface area contributed by atoms with Gasteiger partial charge in [-0.1, -0.05) is 12.1 Å². The highest BCUT2D eigenvalue weighted by molar-refractivity contribution is 5.95. The van der Waals surface area contributed by atoms with Gasteiger partial charge in [-0.3, -0.25) is 4.79 Å². The number of hydrazone groups is 1. The molecule has 0 aliphatic rings. The van der Waals surface area contributed by atoms with E-state index in [2.05, 4.69) is 29.3 Å². The smallest absolute Gasteiger partial charge is 0.372 e. The average Bonchev–Trinajstić information content (AvgIpc) is 2.63. The van der Waals surface area contributed by atoms with Crippen molar-refractivity contribution < 1.29 is 18.0 Å². The molecule has 2 rings (SSSR count). The van der Waals surface area contributed by atoms with Crippen LogP contribution in [0.15, 0.2) is 53.6 Å². The van der Waals surface area contributed by atoms with Gasteiger partial charge >= 0.3 is 6.18 Å². The largest absolute Gasteiger partial charge is 0.416 e. The highest BCUT2D eigenvalue weighted by Gasteiger charge is 2.29. The quantitative estimate of drug-likeness (QED) is 0.614. The Bertz CT molecular complexity index is 749. The molecule has 138 valence electrons. The first-order valence-electron chi connectivity index (χ1n) is 8.20. The van der Waals surface area contributed by atoms with Crippen molar-refractivity contribution in [3.05, 3.63) is 65.2 Å². The van der Waals surface area contributed by atoms with E-state index in [1.165, 1.54) is 18.3 Å². The summed E-state index contributed by atoms with van der Waals surface area (Å²) in [6.07, 6.45) is -3.08. The third kappa shape index (κ3) is 5.08. The Kier molecular flexibility index (Phi) is 6.38. The molecule has 4 nitrogen and oxygen atoms in total. The first-order chi connectivity index (χ1) is 12.3. The highest BCUT2D eigenvalue weighted by atomic mass is 19.4. The number of hydrogen-bond donors (Lipinski definition) is 1. The minimum Gasteiger partial charge on any atom is -0.372 e. The number of nitrogens with zero attached hydrogens (tertiary/aromatic N) is 2. The molecule has 7 heteroatoms. The van der Waals surface area contributed by atoms with E-state index < -0.39 is 11.7 Å². The molecule has 0 spiro atoms. The summed E-state index contributed by atoms with van der Waals surface area (Å²) in [5, 5.41) is 3.78. The van der Waals surface area contributed by atoms with Gasteiger partial charge in [0.25, 0.3) is 5.91 Å². The van der Waals surface area contributed by atoms with Crippen LogP contribution in [0.5, 0.6) is 0 Å². The number of hydrogen-bond acceptors (Lipinski definition) is 3. The normalized spacial score (nSPS) is 11.6. The lowest BCUT2D eigenvalue weighted by molar-refractivity contribution is -0.137. The molecule has 26 heavy (non-hydrogen) atoms. The summed E-state index contributed by atoms with van der Waals surface area (Å²) >= 11 is 0. The first kappa shape index (κ1) is 19.5.